The molecule has 6 rings (SSSR count). The number of hydrogen-bond acceptors (Lipinski definition) is 7. The number of ether oxygens (including phenoxy) is 3. The Hall–Kier alpha value is -4.22. The number of nitrogens with zero attached hydrogens (tertiary/aromatic N) is 3. The van der Waals surface area contributed by atoms with Gasteiger partial charge >= 0.3 is 6.18 Å². The number of nitrogens with one attached hydrogen (secondary N) is 1. The highest BCUT2D eigenvalue weighted by molar-refractivity contribution is 5.95. The van der Waals surface area contributed by atoms with Crippen molar-refractivity contribution in [2.45, 2.75) is 31.9 Å². The minimum atomic E-state index is -4.42. The molecule has 8 nitrogen and oxygen atoms in total. The smallest absolute Gasteiger partial charge is 0.416 e. The average molecular weight is 621 g/mol. The van der Waals surface area contributed by atoms with Crippen molar-refractivity contribution >= 4 is 22.5 Å². The maximum absolute atomic E-state index is 12.8. The summed E-state index contributed by atoms with van der Waals surface area (Å²) < 4.78 is 55.7. The van der Waals surface area contributed by atoms with Crippen LogP contribution < -0.4 is 14.8 Å². The van der Waals surface area contributed by atoms with E-state index in [9.17, 15) is 18.0 Å². The number of alkyl halides is 3. The molecular weight excluding hydrogens is 585 g/mol. The number of rotatable bonds is 10. The first kappa shape index (κ1) is 30.8. The Balaban J connectivity index is 1.08. The Morgan fingerprint density at radius 2 is 1.73 bits per heavy atom. The number of fused-ring (bicyclic) bond motifs is 1. The molecule has 0 aliphatic carbocycles. The standard InChI is InChI=1S/C34H35F3N4O4/c1-43-29-19-28-27(18-30(29)45-14-2-13-41-20-33(21-41)11-15-44-16-12-33)32(39-22-38-28)24-5-9-26(10-6-24)40-31(42)17-23-3-7-25(8-4-23)34(35,36)37/h3-10,18-19,22H,2,11-17,20-21H2,1H3,(H,40,42). The monoisotopic (exact) mass is 620 g/mol. The van der Waals surface area contributed by atoms with Crippen molar-refractivity contribution in [1.82, 2.24) is 14.9 Å². The number of amides is 1. The molecule has 45 heavy (non-hydrogen) atoms. The average Bonchev–Trinajstić information content (AvgIpc) is 3.02. The van der Waals surface area contributed by atoms with Crippen LogP contribution in [0.3, 0.4) is 0 Å². The lowest BCUT2D eigenvalue weighted by Gasteiger charge is -2.52. The van der Waals surface area contributed by atoms with Gasteiger partial charge in [0.15, 0.2) is 11.5 Å². The Morgan fingerprint density at radius 3 is 2.42 bits per heavy atom. The molecule has 11 heteroatoms. The lowest BCUT2D eigenvalue weighted by Crippen LogP contribution is -2.58. The van der Waals surface area contributed by atoms with Crippen LogP contribution in [-0.2, 0) is 22.1 Å². The van der Waals surface area contributed by atoms with Gasteiger partial charge in [0.05, 0.1) is 36.9 Å². The normalized spacial score (nSPS) is 16.4. The fourth-order valence-corrected chi connectivity index (χ4v) is 6.13. The lowest BCUT2D eigenvalue weighted by molar-refractivity contribution is -0.137. The third kappa shape index (κ3) is 7.20. The molecule has 0 unspecified atom stereocenters. The van der Waals surface area contributed by atoms with Crippen molar-refractivity contribution in [3.8, 4) is 22.8 Å². The molecule has 2 fully saturated rings. The van der Waals surface area contributed by atoms with Crippen LogP contribution in [0.5, 0.6) is 11.5 Å². The second-order valence-corrected chi connectivity index (χ2v) is 11.8. The van der Waals surface area contributed by atoms with Gasteiger partial charge in [-0.15, -0.1) is 0 Å². The van der Waals surface area contributed by atoms with E-state index in [-0.39, 0.29) is 12.3 Å². The predicted octanol–water partition coefficient (Wildman–Crippen LogP) is 6.39. The van der Waals surface area contributed by atoms with E-state index in [1.165, 1.54) is 18.5 Å². The van der Waals surface area contributed by atoms with Crippen LogP contribution in [0.1, 0.15) is 30.4 Å². The number of likely N-dealkylation sites (tertiary alicyclic amines) is 1. The zero-order chi connectivity index (χ0) is 31.4. The van der Waals surface area contributed by atoms with Crippen molar-refractivity contribution in [3.05, 3.63) is 78.1 Å². The van der Waals surface area contributed by atoms with E-state index >= 15 is 0 Å². The van der Waals surface area contributed by atoms with E-state index in [4.69, 9.17) is 14.2 Å². The highest BCUT2D eigenvalue weighted by atomic mass is 19.4. The molecule has 236 valence electrons. The quantitative estimate of drug-likeness (QED) is 0.206. The number of carbonyl (C=O) groups excluding carboxylic acids is 1. The number of hydrogen-bond donors (Lipinski definition) is 1. The number of carbonyl (C=O) groups is 1. The van der Waals surface area contributed by atoms with E-state index < -0.39 is 11.7 Å². The molecule has 4 aromatic rings. The third-order valence-electron chi connectivity index (χ3n) is 8.56. The minimum absolute atomic E-state index is 0.0463. The summed E-state index contributed by atoms with van der Waals surface area (Å²) >= 11 is 0. The number of aromatic nitrogens is 2. The second-order valence-electron chi connectivity index (χ2n) is 11.8. The molecule has 1 aromatic heterocycles. The molecule has 0 bridgehead atoms. The Kier molecular flexibility index (Phi) is 8.91. The van der Waals surface area contributed by atoms with Crippen LogP contribution >= 0.6 is 0 Å². The van der Waals surface area contributed by atoms with Crippen LogP contribution in [0, 0.1) is 5.41 Å². The van der Waals surface area contributed by atoms with E-state index in [1.54, 1.807) is 19.2 Å². The fourth-order valence-electron chi connectivity index (χ4n) is 6.13. The molecule has 0 radical (unpaired) electrons. The van der Waals surface area contributed by atoms with Gasteiger partial charge in [-0.25, -0.2) is 9.97 Å². The zero-order valence-corrected chi connectivity index (χ0v) is 25.0. The Bertz CT molecular complexity index is 1630. The number of benzene rings is 3. The SMILES string of the molecule is COc1cc2ncnc(-c3ccc(NC(=O)Cc4ccc(C(F)(F)F)cc4)cc3)c2cc1OCCCN1CC2(CCOCC2)C1. The topological polar surface area (TPSA) is 85.8 Å². The predicted molar refractivity (Wildman–Crippen MR) is 164 cm³/mol. The van der Waals surface area contributed by atoms with Crippen molar-refractivity contribution in [2.75, 3.05) is 51.9 Å². The van der Waals surface area contributed by atoms with Gasteiger partial charge in [-0.05, 0) is 55.2 Å². The molecule has 2 saturated heterocycles. The molecule has 1 N–H and O–H groups in total. The number of anilines is 1. The summed E-state index contributed by atoms with van der Waals surface area (Å²) in [5.74, 6) is 0.891. The molecule has 1 amide bonds. The molecule has 3 heterocycles. The highest BCUT2D eigenvalue weighted by Crippen LogP contribution is 2.40. The molecule has 0 saturated carbocycles. The largest absolute Gasteiger partial charge is 0.493 e. The van der Waals surface area contributed by atoms with E-state index in [2.05, 4.69) is 20.2 Å². The second kappa shape index (κ2) is 13.0. The summed E-state index contributed by atoms with van der Waals surface area (Å²) in [6.07, 6.45) is 0.244. The maximum atomic E-state index is 12.8. The first-order valence-corrected chi connectivity index (χ1v) is 15.0. The van der Waals surface area contributed by atoms with Crippen molar-refractivity contribution in [2.24, 2.45) is 5.41 Å². The van der Waals surface area contributed by atoms with Crippen LogP contribution in [0.15, 0.2) is 67.0 Å². The van der Waals surface area contributed by atoms with Gasteiger partial charge in [-0.3, -0.25) is 4.79 Å². The number of methoxy groups -OCH3 is 1. The van der Waals surface area contributed by atoms with Gasteiger partial charge in [0.2, 0.25) is 5.91 Å². The van der Waals surface area contributed by atoms with E-state index in [0.717, 1.165) is 75.2 Å². The number of halogens is 3. The van der Waals surface area contributed by atoms with Crippen molar-refractivity contribution in [3.63, 3.8) is 0 Å². The summed E-state index contributed by atoms with van der Waals surface area (Å²) in [5.41, 5.74) is 2.99. The summed E-state index contributed by atoms with van der Waals surface area (Å²) in [4.78, 5) is 24.0. The Labute approximate surface area is 259 Å². The minimum Gasteiger partial charge on any atom is -0.493 e. The van der Waals surface area contributed by atoms with Gasteiger partial charge in [-0.2, -0.15) is 13.2 Å². The molecule has 1 spiro atoms. The highest BCUT2D eigenvalue weighted by Gasteiger charge is 2.43. The summed E-state index contributed by atoms with van der Waals surface area (Å²) in [6.45, 7) is 5.56. The first-order chi connectivity index (χ1) is 21.7. The molecule has 3 aromatic carbocycles. The van der Waals surface area contributed by atoms with Gasteiger partial charge in [0.25, 0.3) is 0 Å². The zero-order valence-electron chi connectivity index (χ0n) is 25.0. The van der Waals surface area contributed by atoms with E-state index in [1.807, 2.05) is 24.3 Å². The first-order valence-electron chi connectivity index (χ1n) is 15.0. The summed E-state index contributed by atoms with van der Waals surface area (Å²) in [6, 6.07) is 15.5. The fraction of sp³-hybridized carbons (Fsp3) is 0.382. The summed E-state index contributed by atoms with van der Waals surface area (Å²) in [7, 11) is 1.61. The molecule has 2 aliphatic rings. The van der Waals surface area contributed by atoms with Crippen molar-refractivity contribution < 1.29 is 32.2 Å². The van der Waals surface area contributed by atoms with Crippen LogP contribution in [0.4, 0.5) is 18.9 Å². The van der Waals surface area contributed by atoms with Gasteiger partial charge < -0.3 is 24.4 Å². The Morgan fingerprint density at radius 1 is 1.00 bits per heavy atom. The van der Waals surface area contributed by atoms with Gasteiger partial charge in [0, 0.05) is 61.0 Å². The molecular formula is C34H35F3N4O4. The van der Waals surface area contributed by atoms with Gasteiger partial charge in [-0.1, -0.05) is 24.3 Å². The lowest BCUT2D eigenvalue weighted by atomic mass is 9.73. The van der Waals surface area contributed by atoms with E-state index in [0.29, 0.717) is 46.0 Å². The van der Waals surface area contributed by atoms with Crippen LogP contribution in [0.25, 0.3) is 22.2 Å². The van der Waals surface area contributed by atoms with Crippen molar-refractivity contribution in [1.29, 1.82) is 0 Å². The molecule has 0 atom stereocenters. The summed E-state index contributed by atoms with van der Waals surface area (Å²) in [5, 5.41) is 3.60. The maximum Gasteiger partial charge on any atom is 0.416 e. The molecule has 2 aliphatic heterocycles. The van der Waals surface area contributed by atoms with Crippen LogP contribution in [-0.4, -0.2) is 67.3 Å². The third-order valence-corrected chi connectivity index (χ3v) is 8.56. The van der Waals surface area contributed by atoms with Gasteiger partial charge in [0.1, 0.15) is 6.33 Å². The van der Waals surface area contributed by atoms with Crippen LogP contribution in [0.2, 0.25) is 0 Å².